The Kier molecular flexibility index (Phi) is 27.2. The molecule has 0 aliphatic heterocycles. The summed E-state index contributed by atoms with van der Waals surface area (Å²) in [6.45, 7) is 17.7. The maximum atomic E-state index is 8.48. The van der Waals surface area contributed by atoms with Crippen molar-refractivity contribution in [2.75, 3.05) is 6.54 Å². The minimum Gasteiger partial charge on any atom is -0.598 e. The fourth-order valence-electron chi connectivity index (χ4n) is 1.06. The average molecular weight is 303 g/mol. The van der Waals surface area contributed by atoms with E-state index in [9.17, 15) is 0 Å². The summed E-state index contributed by atoms with van der Waals surface area (Å²) in [4.78, 5) is 20.8. The predicted molar refractivity (Wildman–Crippen MR) is 66.4 cm³/mol. The van der Waals surface area contributed by atoms with E-state index < -0.39 is 8.25 Å². The number of nitrogens with zero attached hydrogens (tertiary/aromatic N) is 2. The molecule has 0 radical (unpaired) electrons. The monoisotopic (exact) mass is 303 g/mol. The van der Waals surface area contributed by atoms with Gasteiger partial charge in [-0.25, -0.2) is 0 Å². The van der Waals surface area contributed by atoms with Gasteiger partial charge in [-0.3, -0.25) is 0 Å². The van der Waals surface area contributed by atoms with Crippen molar-refractivity contribution >= 4 is 8.25 Å². The Morgan fingerprint density at radius 3 is 1.58 bits per heavy atom. The third-order valence-electron chi connectivity index (χ3n) is 1.87. The smallest absolute Gasteiger partial charge is 0.598 e. The normalized spacial score (nSPS) is 9.00. The molecule has 8 heteroatoms. The topological polar surface area (TPSA) is 69.7 Å². The number of hydrogen-bond acceptors (Lipinski definition) is 5. The van der Waals surface area contributed by atoms with Crippen molar-refractivity contribution in [2.45, 2.75) is 13.0 Å². The van der Waals surface area contributed by atoms with E-state index in [1.54, 1.807) is 24.8 Å². The van der Waals surface area contributed by atoms with Crippen LogP contribution in [0, 0.1) is 0 Å². The van der Waals surface area contributed by atoms with Gasteiger partial charge in [0.1, 0.15) is 0 Å². The number of hydrogen-bond donors (Lipinski definition) is 0. The van der Waals surface area contributed by atoms with Crippen LogP contribution in [0.15, 0.2) is 51.1 Å². The SMILES string of the molecule is C=CN(C=C)CC(C)N(C=C)C=C.O=[P+]([O-])[O-].[Na+].[Na+]. The first-order valence-corrected chi connectivity index (χ1v) is 5.87. The third kappa shape index (κ3) is 18.6. The Labute approximate surface area is 160 Å². The van der Waals surface area contributed by atoms with Gasteiger partial charge in [-0.15, -0.1) is 0 Å². The molecular weight excluding hydrogens is 285 g/mol. The maximum absolute atomic E-state index is 8.48. The predicted octanol–water partition coefficient (Wildman–Crippen LogP) is -5.07. The van der Waals surface area contributed by atoms with Crippen molar-refractivity contribution in [1.29, 1.82) is 0 Å². The molecule has 0 saturated heterocycles. The fraction of sp³-hybridized carbons (Fsp3) is 0.273. The molecule has 5 nitrogen and oxygen atoms in total. The molecular formula is C11H18N2Na2O3P+. The van der Waals surface area contributed by atoms with Crippen LogP contribution >= 0.6 is 8.25 Å². The third-order valence-corrected chi connectivity index (χ3v) is 1.87. The second-order valence-electron chi connectivity index (χ2n) is 2.95. The van der Waals surface area contributed by atoms with Gasteiger partial charge in [-0.05, 0) is 31.7 Å². The van der Waals surface area contributed by atoms with Crippen molar-refractivity contribution in [2.24, 2.45) is 0 Å². The van der Waals surface area contributed by atoms with Gasteiger partial charge >= 0.3 is 59.1 Å². The molecule has 0 aliphatic rings. The van der Waals surface area contributed by atoms with Gasteiger partial charge in [0.05, 0.1) is 0 Å². The van der Waals surface area contributed by atoms with Crippen LogP contribution < -0.4 is 68.9 Å². The molecule has 0 N–H and O–H groups in total. The molecule has 0 rings (SSSR count). The van der Waals surface area contributed by atoms with Crippen LogP contribution in [-0.2, 0) is 4.57 Å². The second-order valence-corrected chi connectivity index (χ2v) is 3.39. The van der Waals surface area contributed by atoms with Gasteiger partial charge in [0, 0.05) is 12.6 Å². The van der Waals surface area contributed by atoms with E-state index in [4.69, 9.17) is 14.4 Å². The van der Waals surface area contributed by atoms with Crippen molar-refractivity contribution in [3.63, 3.8) is 0 Å². The van der Waals surface area contributed by atoms with Crippen molar-refractivity contribution < 1.29 is 73.5 Å². The standard InChI is InChI=1S/C11H18N2.2Na.HO3P/c1-6-12(7-2)10-11(5)13(8-3)9-4;;;1-4(2)3/h6-9,11H,1-4,10H2,5H3;;;(H,1,2,3)/q;2*+1;/p-1. The molecule has 0 aromatic heterocycles. The van der Waals surface area contributed by atoms with Crippen LogP contribution in [0.5, 0.6) is 0 Å². The first-order valence-electron chi connectivity index (χ1n) is 4.77. The van der Waals surface area contributed by atoms with Crippen LogP contribution in [0.1, 0.15) is 6.92 Å². The molecule has 0 fully saturated rings. The summed E-state index contributed by atoms with van der Waals surface area (Å²) in [5, 5.41) is 0. The van der Waals surface area contributed by atoms with Crippen molar-refractivity contribution in [1.82, 2.24) is 9.80 Å². The molecule has 0 amide bonds. The van der Waals surface area contributed by atoms with E-state index in [1.807, 2.05) is 9.80 Å². The minimum absolute atomic E-state index is 0. The Bertz CT molecular complexity index is 271. The molecule has 0 aliphatic carbocycles. The zero-order chi connectivity index (χ0) is 13.8. The summed E-state index contributed by atoms with van der Waals surface area (Å²) < 4.78 is 8.48. The summed E-state index contributed by atoms with van der Waals surface area (Å²) in [6.07, 6.45) is 6.99. The van der Waals surface area contributed by atoms with Gasteiger partial charge in [0.25, 0.3) is 8.25 Å². The summed E-state index contributed by atoms with van der Waals surface area (Å²) in [5.41, 5.74) is 0. The van der Waals surface area contributed by atoms with Crippen molar-refractivity contribution in [3.8, 4) is 0 Å². The molecule has 0 spiro atoms. The zero-order valence-electron chi connectivity index (χ0n) is 12.0. The van der Waals surface area contributed by atoms with Gasteiger partial charge in [-0.1, -0.05) is 30.9 Å². The zero-order valence-corrected chi connectivity index (χ0v) is 16.9. The van der Waals surface area contributed by atoms with Gasteiger partial charge < -0.3 is 19.6 Å². The molecule has 0 aromatic carbocycles. The molecule has 96 valence electrons. The van der Waals surface area contributed by atoms with Crippen LogP contribution in [-0.4, -0.2) is 22.4 Å². The maximum Gasteiger partial charge on any atom is 1.00 e. The first kappa shape index (κ1) is 27.8. The Hall–Kier alpha value is 0.580. The first-order chi connectivity index (χ1) is 7.92. The quantitative estimate of drug-likeness (QED) is 0.348. The molecule has 0 bridgehead atoms. The Morgan fingerprint density at radius 2 is 1.37 bits per heavy atom. The van der Waals surface area contributed by atoms with E-state index in [0.29, 0.717) is 6.04 Å². The van der Waals surface area contributed by atoms with E-state index in [0.717, 1.165) is 6.54 Å². The fourth-order valence-corrected chi connectivity index (χ4v) is 1.06. The van der Waals surface area contributed by atoms with Crippen molar-refractivity contribution in [3.05, 3.63) is 51.1 Å². The van der Waals surface area contributed by atoms with Gasteiger partial charge in [0.15, 0.2) is 0 Å². The van der Waals surface area contributed by atoms with E-state index >= 15 is 0 Å². The van der Waals surface area contributed by atoms with E-state index in [-0.39, 0.29) is 59.1 Å². The van der Waals surface area contributed by atoms with Gasteiger partial charge in [0.2, 0.25) is 0 Å². The average Bonchev–Trinajstić information content (AvgIpc) is 2.26. The van der Waals surface area contributed by atoms with Crippen LogP contribution in [0.25, 0.3) is 0 Å². The molecule has 0 heterocycles. The minimum atomic E-state index is -3.37. The second kappa shape index (κ2) is 18.6. The summed E-state index contributed by atoms with van der Waals surface area (Å²) >= 11 is 0. The Morgan fingerprint density at radius 1 is 1.05 bits per heavy atom. The van der Waals surface area contributed by atoms with Gasteiger partial charge in [-0.2, -0.15) is 0 Å². The summed E-state index contributed by atoms with van der Waals surface area (Å²) in [6, 6.07) is 0.311. The Balaban J connectivity index is -0.000000165. The van der Waals surface area contributed by atoms with Crippen LogP contribution in [0.4, 0.5) is 0 Å². The molecule has 1 unspecified atom stereocenters. The van der Waals surface area contributed by atoms with E-state index in [1.165, 1.54) is 0 Å². The molecule has 1 atom stereocenters. The largest absolute Gasteiger partial charge is 1.00 e. The summed E-state index contributed by atoms with van der Waals surface area (Å²) in [5.74, 6) is 0. The summed E-state index contributed by atoms with van der Waals surface area (Å²) in [7, 11) is -3.37. The van der Waals surface area contributed by atoms with Crippen LogP contribution in [0.3, 0.4) is 0 Å². The molecule has 19 heavy (non-hydrogen) atoms. The van der Waals surface area contributed by atoms with E-state index in [2.05, 4.69) is 33.2 Å². The number of rotatable bonds is 7. The molecule has 0 saturated carbocycles. The van der Waals surface area contributed by atoms with Crippen LogP contribution in [0.2, 0.25) is 0 Å². The molecule has 0 aromatic rings.